The van der Waals surface area contributed by atoms with Gasteiger partial charge in [-0.25, -0.2) is 4.68 Å². The Morgan fingerprint density at radius 2 is 1.89 bits per heavy atom. The first-order valence-electron chi connectivity index (χ1n) is 6.76. The van der Waals surface area contributed by atoms with Gasteiger partial charge < -0.3 is 14.6 Å². The molecule has 0 aromatic carbocycles. The van der Waals surface area contributed by atoms with Gasteiger partial charge in [0.25, 0.3) is 0 Å². The van der Waals surface area contributed by atoms with Crippen molar-refractivity contribution in [2.75, 3.05) is 13.2 Å². The van der Waals surface area contributed by atoms with Crippen LogP contribution in [0.25, 0.3) is 0 Å². The zero-order valence-electron chi connectivity index (χ0n) is 12.5. The van der Waals surface area contributed by atoms with Crippen molar-refractivity contribution in [2.45, 2.75) is 53.1 Å². The van der Waals surface area contributed by atoms with Crippen LogP contribution in [-0.4, -0.2) is 38.9 Å². The van der Waals surface area contributed by atoms with Gasteiger partial charge in [0.05, 0.1) is 18.3 Å². The van der Waals surface area contributed by atoms with E-state index in [0.29, 0.717) is 25.5 Å². The number of hydrogen-bond acceptors (Lipinski definition) is 5. The van der Waals surface area contributed by atoms with Gasteiger partial charge in [0.2, 0.25) is 6.29 Å². The minimum atomic E-state index is -0.822. The molecule has 0 fully saturated rings. The molecule has 1 unspecified atom stereocenters. The Kier molecular flexibility index (Phi) is 5.90. The lowest BCUT2D eigenvalue weighted by Gasteiger charge is -2.27. The molecule has 1 atom stereocenters. The normalized spacial score (nSPS) is 15.2. The van der Waals surface area contributed by atoms with Crippen molar-refractivity contribution in [3.63, 3.8) is 0 Å². The molecule has 0 radical (unpaired) electrons. The van der Waals surface area contributed by atoms with Gasteiger partial charge in [0, 0.05) is 13.2 Å². The molecular weight excluding hydrogens is 246 g/mol. The van der Waals surface area contributed by atoms with E-state index in [2.05, 4.69) is 10.3 Å². The van der Waals surface area contributed by atoms with Crippen LogP contribution < -0.4 is 0 Å². The highest BCUT2D eigenvalue weighted by Crippen LogP contribution is 2.20. The molecule has 0 saturated carbocycles. The molecule has 1 aromatic rings. The summed E-state index contributed by atoms with van der Waals surface area (Å²) in [7, 11) is 0. The van der Waals surface area contributed by atoms with E-state index < -0.39 is 11.9 Å². The summed E-state index contributed by atoms with van der Waals surface area (Å²) in [6.07, 6.45) is 1.26. The monoisotopic (exact) mass is 271 g/mol. The Hall–Kier alpha value is -0.980. The van der Waals surface area contributed by atoms with Gasteiger partial charge in [-0.1, -0.05) is 19.1 Å². The van der Waals surface area contributed by atoms with Gasteiger partial charge in [0.15, 0.2) is 0 Å². The van der Waals surface area contributed by atoms with Gasteiger partial charge >= 0.3 is 0 Å². The summed E-state index contributed by atoms with van der Waals surface area (Å²) in [5.41, 5.74) is -0.194. The van der Waals surface area contributed by atoms with E-state index in [9.17, 15) is 5.11 Å². The van der Waals surface area contributed by atoms with Crippen LogP contribution >= 0.6 is 0 Å². The van der Waals surface area contributed by atoms with E-state index in [0.717, 1.165) is 0 Å². The van der Waals surface area contributed by atoms with Crippen molar-refractivity contribution < 1.29 is 14.6 Å². The number of aromatic nitrogens is 3. The van der Waals surface area contributed by atoms with Crippen molar-refractivity contribution in [1.82, 2.24) is 15.0 Å². The fourth-order valence-corrected chi connectivity index (χ4v) is 1.53. The summed E-state index contributed by atoms with van der Waals surface area (Å²) in [5, 5.41) is 18.3. The van der Waals surface area contributed by atoms with Crippen LogP contribution in [0.15, 0.2) is 6.20 Å². The Labute approximate surface area is 114 Å². The lowest BCUT2D eigenvalue weighted by Crippen LogP contribution is -2.36. The number of rotatable bonds is 8. The molecule has 19 heavy (non-hydrogen) atoms. The molecule has 0 aliphatic rings. The molecule has 1 rings (SSSR count). The molecule has 6 heteroatoms. The largest absolute Gasteiger partial charge is 0.388 e. The summed E-state index contributed by atoms with van der Waals surface area (Å²) in [5.74, 6) is 0.134. The number of aliphatic hydroxyl groups is 1. The summed E-state index contributed by atoms with van der Waals surface area (Å²) < 4.78 is 12.5. The highest BCUT2D eigenvalue weighted by molar-refractivity contribution is 4.95. The lowest BCUT2D eigenvalue weighted by molar-refractivity contribution is -0.142. The van der Waals surface area contributed by atoms with E-state index in [1.807, 2.05) is 27.7 Å². The first kappa shape index (κ1) is 16.1. The predicted molar refractivity (Wildman–Crippen MR) is 71.5 cm³/mol. The van der Waals surface area contributed by atoms with Crippen LogP contribution in [0.4, 0.5) is 0 Å². The van der Waals surface area contributed by atoms with Crippen LogP contribution in [0.1, 0.15) is 46.6 Å². The van der Waals surface area contributed by atoms with Crippen molar-refractivity contribution in [2.24, 2.45) is 5.92 Å². The third-order valence-corrected chi connectivity index (χ3v) is 3.16. The maximum atomic E-state index is 10.2. The lowest BCUT2D eigenvalue weighted by atomic mass is 9.93. The van der Waals surface area contributed by atoms with Crippen molar-refractivity contribution in [3.8, 4) is 0 Å². The number of hydrogen-bond donors (Lipinski definition) is 1. The molecule has 0 saturated heterocycles. The van der Waals surface area contributed by atoms with E-state index in [4.69, 9.17) is 9.47 Å². The Morgan fingerprint density at radius 3 is 2.37 bits per heavy atom. The molecule has 110 valence electrons. The summed E-state index contributed by atoms with van der Waals surface area (Å²) in [6.45, 7) is 11.0. The molecule has 0 spiro atoms. The fourth-order valence-electron chi connectivity index (χ4n) is 1.53. The minimum absolute atomic E-state index is 0.134. The van der Waals surface area contributed by atoms with Crippen LogP contribution in [0, 0.1) is 5.92 Å². The van der Waals surface area contributed by atoms with Crippen molar-refractivity contribution >= 4 is 0 Å². The maximum absolute atomic E-state index is 10.2. The average molecular weight is 271 g/mol. The van der Waals surface area contributed by atoms with Crippen molar-refractivity contribution in [3.05, 3.63) is 11.9 Å². The van der Waals surface area contributed by atoms with E-state index in [-0.39, 0.29) is 5.92 Å². The quantitative estimate of drug-likeness (QED) is 0.730. The molecular formula is C13H25N3O3. The molecule has 1 aromatic heterocycles. The van der Waals surface area contributed by atoms with Gasteiger partial charge in [-0.2, -0.15) is 0 Å². The second-order valence-corrected chi connectivity index (χ2v) is 5.10. The van der Waals surface area contributed by atoms with Crippen LogP contribution in [-0.2, 0) is 16.0 Å². The minimum Gasteiger partial charge on any atom is -0.388 e. The van der Waals surface area contributed by atoms with E-state index in [1.54, 1.807) is 17.8 Å². The van der Waals surface area contributed by atoms with E-state index >= 15 is 0 Å². The predicted octanol–water partition coefficient (Wildman–Crippen LogP) is 1.76. The SMILES string of the molecule is CCOC(OCC)c1cn(CC(C)(O)C(C)C)nn1. The maximum Gasteiger partial charge on any atom is 0.204 e. The first-order valence-corrected chi connectivity index (χ1v) is 6.76. The molecule has 1 N–H and O–H groups in total. The topological polar surface area (TPSA) is 69.4 Å². The Morgan fingerprint density at radius 1 is 1.32 bits per heavy atom. The van der Waals surface area contributed by atoms with Crippen molar-refractivity contribution in [1.29, 1.82) is 0 Å². The van der Waals surface area contributed by atoms with Gasteiger partial charge in [-0.05, 0) is 26.7 Å². The van der Waals surface area contributed by atoms with Gasteiger partial charge in [-0.3, -0.25) is 0 Å². The highest BCUT2D eigenvalue weighted by atomic mass is 16.7. The van der Waals surface area contributed by atoms with Crippen LogP contribution in [0.2, 0.25) is 0 Å². The second kappa shape index (κ2) is 6.98. The van der Waals surface area contributed by atoms with Crippen LogP contribution in [0.3, 0.4) is 0 Å². The standard InChI is InChI=1S/C13H25N3O3/c1-6-18-12(19-7-2)11-8-16(15-14-11)9-13(5,17)10(3)4/h8,10,12,17H,6-7,9H2,1-5H3. The molecule has 0 aliphatic heterocycles. The molecule has 6 nitrogen and oxygen atoms in total. The summed E-state index contributed by atoms with van der Waals surface area (Å²) in [4.78, 5) is 0. The van der Waals surface area contributed by atoms with Crippen LogP contribution in [0.5, 0.6) is 0 Å². The summed E-state index contributed by atoms with van der Waals surface area (Å²) >= 11 is 0. The van der Waals surface area contributed by atoms with Gasteiger partial charge in [-0.15, -0.1) is 5.10 Å². The number of nitrogens with zero attached hydrogens (tertiary/aromatic N) is 3. The Bertz CT molecular complexity index is 371. The zero-order valence-corrected chi connectivity index (χ0v) is 12.5. The molecule has 0 aliphatic carbocycles. The third-order valence-electron chi connectivity index (χ3n) is 3.16. The zero-order chi connectivity index (χ0) is 14.5. The Balaban J connectivity index is 2.75. The smallest absolute Gasteiger partial charge is 0.204 e. The molecule has 0 bridgehead atoms. The fraction of sp³-hybridized carbons (Fsp3) is 0.846. The summed E-state index contributed by atoms with van der Waals surface area (Å²) in [6, 6.07) is 0. The van der Waals surface area contributed by atoms with E-state index in [1.165, 1.54) is 0 Å². The molecule has 0 amide bonds. The molecule has 1 heterocycles. The van der Waals surface area contributed by atoms with Gasteiger partial charge in [0.1, 0.15) is 5.69 Å². The second-order valence-electron chi connectivity index (χ2n) is 5.10. The third kappa shape index (κ3) is 4.56. The first-order chi connectivity index (χ1) is 8.90. The highest BCUT2D eigenvalue weighted by Gasteiger charge is 2.26. The number of ether oxygens (including phenoxy) is 2. The average Bonchev–Trinajstić information content (AvgIpc) is 2.76.